The van der Waals surface area contributed by atoms with Gasteiger partial charge in [0.1, 0.15) is 0 Å². The number of nitrogens with zero attached hydrogens (tertiary/aromatic N) is 4. The van der Waals surface area contributed by atoms with Crippen molar-refractivity contribution >= 4 is 16.0 Å². The van der Waals surface area contributed by atoms with Crippen molar-refractivity contribution in [1.29, 1.82) is 0 Å². The predicted octanol–water partition coefficient (Wildman–Crippen LogP) is -1.06. The van der Waals surface area contributed by atoms with Crippen molar-refractivity contribution in [3.63, 3.8) is 0 Å². The fraction of sp³-hybridized carbons (Fsp3) is 0.900. The Bertz CT molecular complexity index is 415. The van der Waals surface area contributed by atoms with E-state index in [9.17, 15) is 8.42 Å². The standard InChI is InChI=1S/C10H23N5O3S/c1-4-9(10(11)12-16)14-5-7-15(8-6-14)19(17,18)13(2)3/h9,16H,4-8H2,1-3H3,(H2,11,12). The Morgan fingerprint density at radius 3 is 2.26 bits per heavy atom. The third kappa shape index (κ3) is 3.56. The minimum Gasteiger partial charge on any atom is -0.409 e. The van der Waals surface area contributed by atoms with Gasteiger partial charge in [-0.3, -0.25) is 4.90 Å². The van der Waals surface area contributed by atoms with Crippen LogP contribution in [-0.4, -0.2) is 79.3 Å². The molecule has 0 aromatic rings. The smallest absolute Gasteiger partial charge is 0.281 e. The molecule has 0 aliphatic carbocycles. The molecule has 0 spiro atoms. The molecular weight excluding hydrogens is 270 g/mol. The highest BCUT2D eigenvalue weighted by atomic mass is 32.2. The first-order valence-corrected chi connectivity index (χ1v) is 7.63. The second-order valence-corrected chi connectivity index (χ2v) is 6.82. The second kappa shape index (κ2) is 6.51. The van der Waals surface area contributed by atoms with Crippen molar-refractivity contribution in [3.8, 4) is 0 Å². The molecule has 0 amide bonds. The van der Waals surface area contributed by atoms with Crippen LogP contribution in [0.2, 0.25) is 0 Å². The van der Waals surface area contributed by atoms with E-state index in [4.69, 9.17) is 10.9 Å². The molecule has 1 fully saturated rings. The molecule has 1 aliphatic rings. The van der Waals surface area contributed by atoms with Crippen LogP contribution in [0.15, 0.2) is 5.16 Å². The van der Waals surface area contributed by atoms with Gasteiger partial charge >= 0.3 is 0 Å². The van der Waals surface area contributed by atoms with E-state index >= 15 is 0 Å². The first-order chi connectivity index (χ1) is 8.84. The largest absolute Gasteiger partial charge is 0.409 e. The molecule has 0 aromatic carbocycles. The lowest BCUT2D eigenvalue weighted by atomic mass is 10.1. The highest BCUT2D eigenvalue weighted by Gasteiger charge is 2.31. The lowest BCUT2D eigenvalue weighted by Gasteiger charge is -2.38. The van der Waals surface area contributed by atoms with Gasteiger partial charge in [-0.1, -0.05) is 12.1 Å². The van der Waals surface area contributed by atoms with E-state index < -0.39 is 10.2 Å². The molecule has 0 radical (unpaired) electrons. The number of hydrogen-bond donors (Lipinski definition) is 2. The highest BCUT2D eigenvalue weighted by molar-refractivity contribution is 7.86. The highest BCUT2D eigenvalue weighted by Crippen LogP contribution is 2.13. The van der Waals surface area contributed by atoms with Crippen molar-refractivity contribution in [3.05, 3.63) is 0 Å². The molecule has 9 heteroatoms. The quantitative estimate of drug-likeness (QED) is 0.291. The van der Waals surface area contributed by atoms with Crippen molar-refractivity contribution in [1.82, 2.24) is 13.5 Å². The van der Waals surface area contributed by atoms with Crippen molar-refractivity contribution in [2.75, 3.05) is 40.3 Å². The Balaban J connectivity index is 2.68. The van der Waals surface area contributed by atoms with E-state index in [1.165, 1.54) is 22.7 Å². The summed E-state index contributed by atoms with van der Waals surface area (Å²) in [4.78, 5) is 2.04. The van der Waals surface area contributed by atoms with Crippen molar-refractivity contribution in [2.24, 2.45) is 10.9 Å². The lowest BCUT2D eigenvalue weighted by Crippen LogP contribution is -2.56. The average molecular weight is 293 g/mol. The molecule has 0 saturated carbocycles. The molecule has 1 rings (SSSR count). The first-order valence-electron chi connectivity index (χ1n) is 6.23. The van der Waals surface area contributed by atoms with Crippen LogP contribution in [0.1, 0.15) is 13.3 Å². The van der Waals surface area contributed by atoms with Crippen LogP contribution in [0.3, 0.4) is 0 Å². The van der Waals surface area contributed by atoms with E-state index in [0.717, 1.165) is 6.42 Å². The number of oxime groups is 1. The zero-order valence-electron chi connectivity index (χ0n) is 11.7. The summed E-state index contributed by atoms with van der Waals surface area (Å²) in [6.45, 7) is 3.92. The Kier molecular flexibility index (Phi) is 5.53. The molecule has 1 heterocycles. The Morgan fingerprint density at radius 2 is 1.89 bits per heavy atom. The molecule has 19 heavy (non-hydrogen) atoms. The van der Waals surface area contributed by atoms with Crippen LogP contribution in [-0.2, 0) is 10.2 Å². The van der Waals surface area contributed by atoms with E-state index in [2.05, 4.69) is 5.16 Å². The minimum atomic E-state index is -3.35. The number of rotatable bonds is 5. The fourth-order valence-corrected chi connectivity index (χ4v) is 3.28. The minimum absolute atomic E-state index is 0.144. The molecule has 0 bridgehead atoms. The fourth-order valence-electron chi connectivity index (χ4n) is 2.20. The van der Waals surface area contributed by atoms with Gasteiger partial charge in [0.15, 0.2) is 5.84 Å². The average Bonchev–Trinajstić information content (AvgIpc) is 2.39. The van der Waals surface area contributed by atoms with Gasteiger partial charge < -0.3 is 10.9 Å². The molecule has 112 valence electrons. The van der Waals surface area contributed by atoms with Crippen LogP contribution in [0.25, 0.3) is 0 Å². The van der Waals surface area contributed by atoms with E-state index in [1.807, 2.05) is 11.8 Å². The third-order valence-electron chi connectivity index (χ3n) is 3.35. The molecule has 3 N–H and O–H groups in total. The Hall–Kier alpha value is -0.900. The van der Waals surface area contributed by atoms with Gasteiger partial charge in [-0.2, -0.15) is 17.0 Å². The molecular formula is C10H23N5O3S. The summed E-state index contributed by atoms with van der Waals surface area (Å²) in [5.74, 6) is 0.173. The van der Waals surface area contributed by atoms with Crippen LogP contribution in [0.5, 0.6) is 0 Å². The maximum atomic E-state index is 12.0. The van der Waals surface area contributed by atoms with Crippen LogP contribution in [0.4, 0.5) is 0 Å². The number of nitrogens with two attached hydrogens (primary N) is 1. The SMILES string of the molecule is CCC(C(N)=NO)N1CCN(S(=O)(=O)N(C)C)CC1. The summed E-state index contributed by atoms with van der Waals surface area (Å²) < 4.78 is 26.6. The van der Waals surface area contributed by atoms with Gasteiger partial charge in [-0.05, 0) is 6.42 Å². The molecule has 1 unspecified atom stereocenters. The van der Waals surface area contributed by atoms with Gasteiger partial charge in [-0.15, -0.1) is 0 Å². The monoisotopic (exact) mass is 293 g/mol. The second-order valence-electron chi connectivity index (χ2n) is 4.67. The van der Waals surface area contributed by atoms with Gasteiger partial charge in [0.05, 0.1) is 6.04 Å². The molecule has 1 aliphatic heterocycles. The van der Waals surface area contributed by atoms with Crippen LogP contribution >= 0.6 is 0 Å². The molecule has 8 nitrogen and oxygen atoms in total. The summed E-state index contributed by atoms with van der Waals surface area (Å²) in [5.41, 5.74) is 5.65. The lowest BCUT2D eigenvalue weighted by molar-refractivity contribution is 0.158. The maximum Gasteiger partial charge on any atom is 0.281 e. The van der Waals surface area contributed by atoms with Crippen molar-refractivity contribution in [2.45, 2.75) is 19.4 Å². The van der Waals surface area contributed by atoms with Gasteiger partial charge in [-0.25, -0.2) is 0 Å². The zero-order valence-corrected chi connectivity index (χ0v) is 12.5. The molecule has 0 aromatic heterocycles. The van der Waals surface area contributed by atoms with Gasteiger partial charge in [0.25, 0.3) is 10.2 Å². The topological polar surface area (TPSA) is 102 Å². The number of hydrogen-bond acceptors (Lipinski definition) is 5. The van der Waals surface area contributed by atoms with Crippen LogP contribution < -0.4 is 5.73 Å². The maximum absolute atomic E-state index is 12.0. The Labute approximate surface area is 114 Å². The Morgan fingerprint density at radius 1 is 1.37 bits per heavy atom. The summed E-state index contributed by atoms with van der Waals surface area (Å²) in [6, 6.07) is -0.144. The van der Waals surface area contributed by atoms with Gasteiger partial charge in [0.2, 0.25) is 0 Å². The van der Waals surface area contributed by atoms with Crippen molar-refractivity contribution < 1.29 is 13.6 Å². The number of piperazine rings is 1. The molecule has 1 saturated heterocycles. The predicted molar refractivity (Wildman–Crippen MR) is 73.2 cm³/mol. The van der Waals surface area contributed by atoms with Gasteiger partial charge in [0, 0.05) is 40.3 Å². The van der Waals surface area contributed by atoms with E-state index in [-0.39, 0.29) is 11.9 Å². The van der Waals surface area contributed by atoms with E-state index in [0.29, 0.717) is 26.2 Å². The number of amidine groups is 1. The normalized spacial score (nSPS) is 21.8. The third-order valence-corrected chi connectivity index (χ3v) is 5.29. The van der Waals surface area contributed by atoms with E-state index in [1.54, 1.807) is 0 Å². The molecule has 1 atom stereocenters. The summed E-state index contributed by atoms with van der Waals surface area (Å²) in [5, 5.41) is 11.8. The summed E-state index contributed by atoms with van der Waals surface area (Å²) >= 11 is 0. The summed E-state index contributed by atoms with van der Waals surface area (Å²) in [6.07, 6.45) is 0.719. The first kappa shape index (κ1) is 16.2. The zero-order chi connectivity index (χ0) is 14.6. The summed E-state index contributed by atoms with van der Waals surface area (Å²) in [7, 11) is -0.311. The van der Waals surface area contributed by atoms with Crippen LogP contribution in [0, 0.1) is 0 Å².